The molecule has 174 valence electrons. The van der Waals surface area contributed by atoms with E-state index in [2.05, 4.69) is 34.1 Å². The number of ether oxygens (including phenoxy) is 1. The summed E-state index contributed by atoms with van der Waals surface area (Å²) in [6.45, 7) is 5.22. The lowest BCUT2D eigenvalue weighted by Crippen LogP contribution is -2.51. The molecular formula is C28H29N3O3. The summed E-state index contributed by atoms with van der Waals surface area (Å²) < 4.78 is 6.36. The first-order chi connectivity index (χ1) is 16.7. The first kappa shape index (κ1) is 22.5. The topological polar surface area (TPSA) is 53.1 Å². The van der Waals surface area contributed by atoms with Crippen LogP contribution in [0.15, 0.2) is 84.9 Å². The Labute approximate surface area is 200 Å². The molecule has 1 saturated heterocycles. The number of rotatable bonds is 8. The van der Waals surface area contributed by atoms with Gasteiger partial charge in [-0.05, 0) is 23.3 Å². The molecule has 2 amide bonds. The molecule has 6 heteroatoms. The zero-order valence-corrected chi connectivity index (χ0v) is 19.2. The van der Waals surface area contributed by atoms with E-state index in [1.165, 1.54) is 4.90 Å². The number of fused-ring (bicyclic) bond motifs is 1. The summed E-state index contributed by atoms with van der Waals surface area (Å²) in [5.41, 5.74) is 3.32. The van der Waals surface area contributed by atoms with E-state index in [9.17, 15) is 9.59 Å². The third-order valence-corrected chi connectivity index (χ3v) is 6.58. The number of carbonyl (C=O) groups is 2. The Balaban J connectivity index is 1.11. The highest BCUT2D eigenvalue weighted by molar-refractivity contribution is 6.21. The second kappa shape index (κ2) is 10.3. The Bertz CT molecular complexity index is 1050. The molecule has 0 radical (unpaired) electrons. The van der Waals surface area contributed by atoms with Gasteiger partial charge >= 0.3 is 0 Å². The van der Waals surface area contributed by atoms with Crippen LogP contribution in [0, 0.1) is 0 Å². The van der Waals surface area contributed by atoms with Crippen LogP contribution in [0.4, 0.5) is 0 Å². The van der Waals surface area contributed by atoms with Crippen molar-refractivity contribution in [3.05, 3.63) is 107 Å². The van der Waals surface area contributed by atoms with E-state index in [4.69, 9.17) is 4.74 Å². The predicted octanol–water partition coefficient (Wildman–Crippen LogP) is 3.66. The second-order valence-corrected chi connectivity index (χ2v) is 8.76. The fraction of sp³-hybridized carbons (Fsp3) is 0.286. The predicted molar refractivity (Wildman–Crippen MR) is 131 cm³/mol. The quantitative estimate of drug-likeness (QED) is 0.485. The highest BCUT2D eigenvalue weighted by Gasteiger charge is 2.36. The summed E-state index contributed by atoms with van der Waals surface area (Å²) in [5.74, 6) is -0.381. The van der Waals surface area contributed by atoms with Crippen LogP contribution in [0.25, 0.3) is 0 Å². The smallest absolute Gasteiger partial charge is 0.262 e. The van der Waals surface area contributed by atoms with E-state index in [-0.39, 0.29) is 17.9 Å². The maximum Gasteiger partial charge on any atom is 0.262 e. The standard InChI is InChI=1S/C28H29N3O3/c32-27-24-13-7-8-14-25(24)28(33)31(27)21-30-17-15-29(16-18-30)19-20-34-26(22-9-3-1-4-10-22)23-11-5-2-6-12-23/h1-14,26H,15-21H2. The molecule has 0 bridgehead atoms. The average molecular weight is 456 g/mol. The van der Waals surface area contributed by atoms with Gasteiger partial charge in [-0.25, -0.2) is 0 Å². The lowest BCUT2D eigenvalue weighted by Gasteiger charge is -2.36. The Hall–Kier alpha value is -3.32. The van der Waals surface area contributed by atoms with Gasteiger partial charge in [-0.1, -0.05) is 72.8 Å². The zero-order chi connectivity index (χ0) is 23.3. The molecule has 3 aromatic rings. The first-order valence-electron chi connectivity index (χ1n) is 11.8. The van der Waals surface area contributed by atoms with Crippen molar-refractivity contribution in [1.82, 2.24) is 14.7 Å². The minimum atomic E-state index is -0.190. The van der Waals surface area contributed by atoms with Gasteiger partial charge in [-0.3, -0.25) is 24.3 Å². The van der Waals surface area contributed by atoms with Crippen molar-refractivity contribution in [2.24, 2.45) is 0 Å². The van der Waals surface area contributed by atoms with Gasteiger partial charge in [0.15, 0.2) is 0 Å². The number of piperazine rings is 1. The summed E-state index contributed by atoms with van der Waals surface area (Å²) in [4.78, 5) is 31.2. The third-order valence-electron chi connectivity index (χ3n) is 6.58. The van der Waals surface area contributed by atoms with Gasteiger partial charge in [-0.15, -0.1) is 0 Å². The SMILES string of the molecule is O=C1c2ccccc2C(=O)N1CN1CCN(CCOC(c2ccccc2)c2ccccc2)CC1. The third kappa shape index (κ3) is 4.80. The largest absolute Gasteiger partial charge is 0.367 e. The van der Waals surface area contributed by atoms with E-state index in [0.717, 1.165) is 43.9 Å². The molecule has 2 aliphatic rings. The van der Waals surface area contributed by atoms with Crippen LogP contribution >= 0.6 is 0 Å². The maximum absolute atomic E-state index is 12.6. The number of imide groups is 1. The van der Waals surface area contributed by atoms with Crippen molar-refractivity contribution in [3.63, 3.8) is 0 Å². The van der Waals surface area contributed by atoms with Crippen LogP contribution in [0.3, 0.4) is 0 Å². The monoisotopic (exact) mass is 455 g/mol. The van der Waals surface area contributed by atoms with Crippen molar-refractivity contribution in [3.8, 4) is 0 Å². The fourth-order valence-electron chi connectivity index (χ4n) is 4.66. The summed E-state index contributed by atoms with van der Waals surface area (Å²) in [6.07, 6.45) is -0.0856. The Morgan fingerprint density at radius 3 is 1.65 bits per heavy atom. The first-order valence-corrected chi connectivity index (χ1v) is 11.8. The van der Waals surface area contributed by atoms with Crippen LogP contribution in [-0.4, -0.2) is 72.5 Å². The molecule has 0 aliphatic carbocycles. The minimum absolute atomic E-state index is 0.0856. The Morgan fingerprint density at radius 2 is 1.12 bits per heavy atom. The number of benzene rings is 3. The number of amides is 2. The molecule has 0 N–H and O–H groups in total. The summed E-state index contributed by atoms with van der Waals surface area (Å²) in [7, 11) is 0. The molecule has 5 rings (SSSR count). The molecule has 3 aromatic carbocycles. The molecule has 0 atom stereocenters. The lowest BCUT2D eigenvalue weighted by atomic mass is 10.0. The van der Waals surface area contributed by atoms with E-state index < -0.39 is 0 Å². The van der Waals surface area contributed by atoms with Gasteiger partial charge in [0.25, 0.3) is 11.8 Å². The van der Waals surface area contributed by atoms with Crippen molar-refractivity contribution in [1.29, 1.82) is 0 Å². The zero-order valence-electron chi connectivity index (χ0n) is 19.2. The van der Waals surface area contributed by atoms with E-state index in [1.807, 2.05) is 36.4 Å². The lowest BCUT2D eigenvalue weighted by molar-refractivity contribution is 0.0312. The normalized spacial score (nSPS) is 16.9. The van der Waals surface area contributed by atoms with Crippen LogP contribution < -0.4 is 0 Å². The number of carbonyl (C=O) groups excluding carboxylic acids is 2. The van der Waals surface area contributed by atoms with Crippen molar-refractivity contribution >= 4 is 11.8 Å². The molecule has 0 spiro atoms. The van der Waals surface area contributed by atoms with Crippen LogP contribution in [0.5, 0.6) is 0 Å². The summed E-state index contributed by atoms with van der Waals surface area (Å²) >= 11 is 0. The fourth-order valence-corrected chi connectivity index (χ4v) is 4.66. The van der Waals surface area contributed by atoms with Crippen molar-refractivity contribution in [2.45, 2.75) is 6.10 Å². The maximum atomic E-state index is 12.6. The second-order valence-electron chi connectivity index (χ2n) is 8.76. The van der Waals surface area contributed by atoms with E-state index >= 15 is 0 Å². The van der Waals surface area contributed by atoms with E-state index in [0.29, 0.717) is 24.4 Å². The van der Waals surface area contributed by atoms with Crippen LogP contribution in [0.2, 0.25) is 0 Å². The van der Waals surface area contributed by atoms with Crippen LogP contribution in [0.1, 0.15) is 37.9 Å². The number of hydrogen-bond donors (Lipinski definition) is 0. The van der Waals surface area contributed by atoms with Gasteiger partial charge in [0, 0.05) is 32.7 Å². The van der Waals surface area contributed by atoms with Gasteiger partial charge in [0.2, 0.25) is 0 Å². The number of nitrogens with zero attached hydrogens (tertiary/aromatic N) is 3. The Morgan fingerprint density at radius 1 is 0.647 bits per heavy atom. The molecule has 0 saturated carbocycles. The van der Waals surface area contributed by atoms with Gasteiger partial charge < -0.3 is 4.74 Å². The average Bonchev–Trinajstić information content (AvgIpc) is 3.13. The van der Waals surface area contributed by atoms with Crippen molar-refractivity contribution in [2.75, 3.05) is 46.0 Å². The van der Waals surface area contributed by atoms with Crippen LogP contribution in [-0.2, 0) is 4.74 Å². The summed E-state index contributed by atoms with van der Waals surface area (Å²) in [5, 5.41) is 0. The molecule has 0 aromatic heterocycles. The number of hydrogen-bond acceptors (Lipinski definition) is 5. The van der Waals surface area contributed by atoms with Crippen molar-refractivity contribution < 1.29 is 14.3 Å². The van der Waals surface area contributed by atoms with Gasteiger partial charge in [0.05, 0.1) is 24.4 Å². The molecular weight excluding hydrogens is 426 g/mol. The van der Waals surface area contributed by atoms with Gasteiger partial charge in [-0.2, -0.15) is 0 Å². The highest BCUT2D eigenvalue weighted by Crippen LogP contribution is 2.26. The van der Waals surface area contributed by atoms with Gasteiger partial charge in [0.1, 0.15) is 6.10 Å². The summed E-state index contributed by atoms with van der Waals surface area (Å²) in [6, 6.07) is 27.7. The Kier molecular flexibility index (Phi) is 6.81. The molecule has 1 fully saturated rings. The molecule has 2 aliphatic heterocycles. The molecule has 34 heavy (non-hydrogen) atoms. The van der Waals surface area contributed by atoms with E-state index in [1.54, 1.807) is 24.3 Å². The highest BCUT2D eigenvalue weighted by atomic mass is 16.5. The molecule has 2 heterocycles. The molecule has 0 unspecified atom stereocenters. The minimum Gasteiger partial charge on any atom is -0.367 e. The molecule has 6 nitrogen and oxygen atoms in total.